The van der Waals surface area contributed by atoms with E-state index in [4.69, 9.17) is 0 Å². The first-order chi connectivity index (χ1) is 14.4. The summed E-state index contributed by atoms with van der Waals surface area (Å²) < 4.78 is 103. The number of halogens is 4. The van der Waals surface area contributed by atoms with E-state index in [9.17, 15) is 34.4 Å². The highest BCUT2D eigenvalue weighted by Crippen LogP contribution is 2.30. The Kier molecular flexibility index (Phi) is 6.39. The molecule has 1 N–H and O–H groups in total. The minimum Gasteiger partial charge on any atom is -0.255 e. The van der Waals surface area contributed by atoms with Gasteiger partial charge in [-0.1, -0.05) is 29.5 Å². The van der Waals surface area contributed by atoms with E-state index >= 15 is 0 Å². The molecule has 0 radical (unpaired) electrons. The van der Waals surface area contributed by atoms with Crippen LogP contribution in [0.5, 0.6) is 0 Å². The van der Waals surface area contributed by atoms with E-state index in [1.165, 1.54) is 12.1 Å². The molecule has 0 atom stereocenters. The fraction of sp³-hybridized carbons (Fsp3) is 0.167. The van der Waals surface area contributed by atoms with Crippen LogP contribution < -0.4 is 4.72 Å². The lowest BCUT2D eigenvalue weighted by atomic mass is 10.1. The van der Waals surface area contributed by atoms with Crippen molar-refractivity contribution in [2.75, 3.05) is 10.5 Å². The Labute approximate surface area is 179 Å². The lowest BCUT2D eigenvalue weighted by Gasteiger charge is -2.10. The summed E-state index contributed by atoms with van der Waals surface area (Å²) >= 11 is 0.489. The van der Waals surface area contributed by atoms with Gasteiger partial charge in [-0.05, 0) is 42.3 Å². The van der Waals surface area contributed by atoms with Gasteiger partial charge < -0.3 is 0 Å². The number of sulfone groups is 1. The summed E-state index contributed by atoms with van der Waals surface area (Å²) in [5.41, 5.74) is -0.665. The molecule has 2 aromatic carbocycles. The van der Waals surface area contributed by atoms with Crippen LogP contribution in [0.3, 0.4) is 0 Å². The van der Waals surface area contributed by atoms with Gasteiger partial charge in [0.2, 0.25) is 0 Å². The maximum absolute atomic E-state index is 13.0. The maximum atomic E-state index is 13.0. The van der Waals surface area contributed by atoms with Crippen molar-refractivity contribution in [1.29, 1.82) is 0 Å². The lowest BCUT2D eigenvalue weighted by molar-refractivity contribution is -0.137. The molecule has 0 fully saturated rings. The van der Waals surface area contributed by atoms with Crippen LogP contribution in [-0.4, -0.2) is 27.6 Å². The minimum atomic E-state index is -4.53. The summed E-state index contributed by atoms with van der Waals surface area (Å²) in [6, 6.07) is 8.66. The third kappa shape index (κ3) is 5.80. The van der Waals surface area contributed by atoms with Crippen LogP contribution in [0.15, 0.2) is 64.5 Å². The number of aromatic nitrogens is 1. The number of thiazole rings is 1. The third-order valence-electron chi connectivity index (χ3n) is 4.11. The first kappa shape index (κ1) is 23.2. The molecule has 1 aromatic heterocycles. The maximum Gasteiger partial charge on any atom is 0.416 e. The second kappa shape index (κ2) is 8.55. The molecule has 0 aliphatic rings. The van der Waals surface area contributed by atoms with Crippen molar-refractivity contribution in [2.24, 2.45) is 0 Å². The quantitative estimate of drug-likeness (QED) is 0.499. The Bertz CT molecular complexity index is 1290. The minimum absolute atomic E-state index is 0.149. The summed E-state index contributed by atoms with van der Waals surface area (Å²) in [5, 5.41) is -0.866. The van der Waals surface area contributed by atoms with Gasteiger partial charge in [-0.25, -0.2) is 21.8 Å². The monoisotopic (exact) mass is 494 g/mol. The van der Waals surface area contributed by atoms with E-state index in [2.05, 4.69) is 9.71 Å². The van der Waals surface area contributed by atoms with Crippen molar-refractivity contribution in [3.63, 3.8) is 0 Å². The standard InChI is InChI=1S/C18H14F4N2O4S3/c19-16-11-23-17(29-16)24-31(27,28)15-6-4-14(5-7-15)30(25,26)9-8-12-2-1-3-13(10-12)18(20,21)22/h1-7,10-11H,8-9H2,(H,23,24). The van der Waals surface area contributed by atoms with Crippen molar-refractivity contribution in [1.82, 2.24) is 4.98 Å². The van der Waals surface area contributed by atoms with Crippen molar-refractivity contribution in [2.45, 2.75) is 22.4 Å². The number of aryl methyl sites for hydroxylation is 1. The smallest absolute Gasteiger partial charge is 0.255 e. The van der Waals surface area contributed by atoms with Crippen LogP contribution >= 0.6 is 11.3 Å². The van der Waals surface area contributed by atoms with Gasteiger partial charge in [-0.15, -0.1) is 0 Å². The Morgan fingerprint density at radius 3 is 2.19 bits per heavy atom. The Morgan fingerprint density at radius 1 is 0.968 bits per heavy atom. The zero-order valence-corrected chi connectivity index (χ0v) is 17.9. The highest BCUT2D eigenvalue weighted by Gasteiger charge is 2.30. The van der Waals surface area contributed by atoms with Crippen LogP contribution in [0.1, 0.15) is 11.1 Å². The number of nitrogens with zero attached hydrogens (tertiary/aromatic N) is 1. The molecule has 31 heavy (non-hydrogen) atoms. The number of hydrogen-bond acceptors (Lipinski definition) is 6. The van der Waals surface area contributed by atoms with Gasteiger partial charge in [0.15, 0.2) is 20.1 Å². The molecule has 0 bridgehead atoms. The van der Waals surface area contributed by atoms with E-state index in [-0.39, 0.29) is 26.9 Å². The summed E-state index contributed by atoms with van der Waals surface area (Å²) in [4.78, 5) is 3.10. The number of nitrogens with one attached hydrogen (secondary N) is 1. The third-order valence-corrected chi connectivity index (χ3v) is 8.02. The summed E-state index contributed by atoms with van der Waals surface area (Å²) in [6.45, 7) is 0. The Balaban J connectivity index is 1.72. The number of benzene rings is 2. The zero-order valence-electron chi connectivity index (χ0n) is 15.4. The predicted octanol–water partition coefficient (Wildman–Crippen LogP) is 4.12. The molecule has 0 spiro atoms. The van der Waals surface area contributed by atoms with Crippen LogP contribution in [-0.2, 0) is 32.5 Å². The predicted molar refractivity (Wildman–Crippen MR) is 107 cm³/mol. The fourth-order valence-corrected chi connectivity index (χ4v) is 5.65. The highest BCUT2D eigenvalue weighted by atomic mass is 32.2. The van der Waals surface area contributed by atoms with E-state index in [1.54, 1.807) is 0 Å². The van der Waals surface area contributed by atoms with Gasteiger partial charge in [0, 0.05) is 0 Å². The van der Waals surface area contributed by atoms with Crippen molar-refractivity contribution >= 4 is 36.3 Å². The van der Waals surface area contributed by atoms with Crippen molar-refractivity contribution in [3.8, 4) is 0 Å². The first-order valence-electron chi connectivity index (χ1n) is 8.50. The van der Waals surface area contributed by atoms with E-state index in [0.717, 1.165) is 42.6 Å². The van der Waals surface area contributed by atoms with Crippen LogP contribution in [0, 0.1) is 5.13 Å². The van der Waals surface area contributed by atoms with E-state index < -0.39 is 42.5 Å². The van der Waals surface area contributed by atoms with Crippen LogP contribution in [0.2, 0.25) is 0 Å². The van der Waals surface area contributed by atoms with Gasteiger partial charge in [0.1, 0.15) is 0 Å². The van der Waals surface area contributed by atoms with Gasteiger partial charge in [0.25, 0.3) is 10.0 Å². The molecule has 3 rings (SSSR count). The topological polar surface area (TPSA) is 93.2 Å². The molecule has 13 heteroatoms. The molecule has 0 saturated carbocycles. The number of rotatable bonds is 7. The molecule has 0 aliphatic carbocycles. The van der Waals surface area contributed by atoms with Crippen LogP contribution in [0.4, 0.5) is 22.7 Å². The average Bonchev–Trinajstić information content (AvgIpc) is 3.10. The average molecular weight is 495 g/mol. The summed E-state index contributed by atoms with van der Waals surface area (Å²) in [5.74, 6) is -0.461. The van der Waals surface area contributed by atoms with Crippen LogP contribution in [0.25, 0.3) is 0 Å². The number of hydrogen-bond donors (Lipinski definition) is 1. The molecular weight excluding hydrogens is 480 g/mol. The zero-order chi connectivity index (χ0) is 22.9. The van der Waals surface area contributed by atoms with E-state index in [0.29, 0.717) is 11.3 Å². The normalized spacial score (nSPS) is 12.6. The summed E-state index contributed by atoms with van der Waals surface area (Å²) in [6.07, 6.45) is -3.83. The lowest BCUT2D eigenvalue weighted by Crippen LogP contribution is -2.14. The largest absolute Gasteiger partial charge is 0.416 e. The van der Waals surface area contributed by atoms with Crippen molar-refractivity contribution in [3.05, 3.63) is 71.0 Å². The number of anilines is 1. The molecular formula is C18H14F4N2O4S3. The molecule has 0 aliphatic heterocycles. The van der Waals surface area contributed by atoms with Gasteiger partial charge in [-0.2, -0.15) is 17.6 Å². The SMILES string of the molecule is O=S(=O)(CCc1cccc(C(F)(F)F)c1)c1ccc(S(=O)(=O)Nc2ncc(F)s2)cc1. The molecule has 0 saturated heterocycles. The molecule has 1 heterocycles. The Morgan fingerprint density at radius 2 is 1.61 bits per heavy atom. The molecule has 166 valence electrons. The molecule has 6 nitrogen and oxygen atoms in total. The van der Waals surface area contributed by atoms with Gasteiger partial charge in [-0.3, -0.25) is 4.72 Å². The van der Waals surface area contributed by atoms with Gasteiger partial charge >= 0.3 is 6.18 Å². The molecule has 0 amide bonds. The molecule has 3 aromatic rings. The van der Waals surface area contributed by atoms with E-state index in [1.807, 2.05) is 0 Å². The highest BCUT2D eigenvalue weighted by molar-refractivity contribution is 7.93. The first-order valence-corrected chi connectivity index (χ1v) is 12.5. The fourth-order valence-electron chi connectivity index (χ4n) is 2.57. The number of alkyl halides is 3. The number of sulfonamides is 1. The summed E-state index contributed by atoms with van der Waals surface area (Å²) in [7, 11) is -7.99. The second-order valence-electron chi connectivity index (χ2n) is 6.31. The second-order valence-corrected chi connectivity index (χ2v) is 11.1. The van der Waals surface area contributed by atoms with Gasteiger partial charge in [0.05, 0.1) is 27.3 Å². The Hall–Kier alpha value is -2.51. The van der Waals surface area contributed by atoms with Crippen molar-refractivity contribution < 1.29 is 34.4 Å². The molecule has 0 unspecified atom stereocenters.